The average Bonchev–Trinajstić information content (AvgIpc) is 3.08. The van der Waals surface area contributed by atoms with E-state index in [1.165, 1.54) is 0 Å². The first kappa shape index (κ1) is 16.5. The molecule has 0 atom stereocenters. The molecule has 3 rings (SSSR count). The van der Waals surface area contributed by atoms with Gasteiger partial charge in [0.15, 0.2) is 0 Å². The number of carbonyl (C=O) groups is 2. The van der Waals surface area contributed by atoms with Crippen LogP contribution < -0.4 is 15.4 Å². The molecule has 0 bridgehead atoms. The number of fused-ring (bicyclic) bond motifs is 1. The van der Waals surface area contributed by atoms with E-state index in [1.807, 2.05) is 19.1 Å². The van der Waals surface area contributed by atoms with Gasteiger partial charge in [-0.3, -0.25) is 14.7 Å². The van der Waals surface area contributed by atoms with E-state index >= 15 is 0 Å². The summed E-state index contributed by atoms with van der Waals surface area (Å²) < 4.78 is 5.42. The van der Waals surface area contributed by atoms with Crippen molar-refractivity contribution in [3.05, 3.63) is 54.2 Å². The Morgan fingerprint density at radius 2 is 2.04 bits per heavy atom. The maximum absolute atomic E-state index is 12.3. The highest BCUT2D eigenvalue weighted by Gasteiger charge is 2.13. The Morgan fingerprint density at radius 1 is 1.20 bits per heavy atom. The van der Waals surface area contributed by atoms with E-state index in [2.05, 4.69) is 20.8 Å². The highest BCUT2D eigenvalue weighted by atomic mass is 16.5. The van der Waals surface area contributed by atoms with Gasteiger partial charge in [0.25, 0.3) is 5.91 Å². The van der Waals surface area contributed by atoms with Crippen molar-refractivity contribution in [3.63, 3.8) is 0 Å². The Kier molecular flexibility index (Phi) is 4.94. The first-order valence-electron chi connectivity index (χ1n) is 7.90. The van der Waals surface area contributed by atoms with Crippen LogP contribution in [0.4, 0.5) is 5.69 Å². The van der Waals surface area contributed by atoms with Crippen LogP contribution in [0.2, 0.25) is 0 Å². The molecule has 3 aromatic rings. The van der Waals surface area contributed by atoms with Gasteiger partial charge >= 0.3 is 0 Å². The van der Waals surface area contributed by atoms with Gasteiger partial charge < -0.3 is 15.4 Å². The average molecular weight is 338 g/mol. The lowest BCUT2D eigenvalue weighted by atomic mass is 10.2. The van der Waals surface area contributed by atoms with Crippen LogP contribution in [0.1, 0.15) is 17.3 Å². The summed E-state index contributed by atoms with van der Waals surface area (Å²) in [7, 11) is 0. The summed E-state index contributed by atoms with van der Waals surface area (Å²) in [5.74, 6) is -0.178. The van der Waals surface area contributed by atoms with Gasteiger partial charge in [0.1, 0.15) is 5.75 Å². The van der Waals surface area contributed by atoms with Crippen LogP contribution in [-0.4, -0.2) is 35.2 Å². The number of hydrogen-bond acceptors (Lipinski definition) is 4. The SMILES string of the molecule is CCOc1ccccc1C(=O)NCC(=O)Nc1ccc2[nH]ncc2c1. The predicted molar refractivity (Wildman–Crippen MR) is 94.7 cm³/mol. The summed E-state index contributed by atoms with van der Waals surface area (Å²) in [6, 6.07) is 12.3. The number of ether oxygens (including phenoxy) is 1. The minimum absolute atomic E-state index is 0.136. The number of carbonyl (C=O) groups excluding carboxylic acids is 2. The molecule has 3 N–H and O–H groups in total. The molecule has 2 amide bonds. The van der Waals surface area contributed by atoms with E-state index in [0.29, 0.717) is 23.6 Å². The summed E-state index contributed by atoms with van der Waals surface area (Å²) >= 11 is 0. The van der Waals surface area contributed by atoms with E-state index in [4.69, 9.17) is 4.74 Å². The lowest BCUT2D eigenvalue weighted by Gasteiger charge is -2.10. The van der Waals surface area contributed by atoms with Crippen molar-refractivity contribution in [2.75, 3.05) is 18.5 Å². The predicted octanol–water partition coefficient (Wildman–Crippen LogP) is 2.33. The van der Waals surface area contributed by atoms with Gasteiger partial charge in [0.05, 0.1) is 30.4 Å². The lowest BCUT2D eigenvalue weighted by Crippen LogP contribution is -2.33. The van der Waals surface area contributed by atoms with Crippen molar-refractivity contribution in [2.45, 2.75) is 6.92 Å². The Bertz CT molecular complexity index is 904. The number of aromatic amines is 1. The number of aromatic nitrogens is 2. The third kappa shape index (κ3) is 3.95. The van der Waals surface area contributed by atoms with Crippen molar-refractivity contribution in [1.29, 1.82) is 0 Å². The molecule has 1 aromatic heterocycles. The number of nitrogens with zero attached hydrogens (tertiary/aromatic N) is 1. The van der Waals surface area contributed by atoms with E-state index < -0.39 is 0 Å². The molecule has 2 aromatic carbocycles. The van der Waals surface area contributed by atoms with Crippen LogP contribution in [0.25, 0.3) is 10.9 Å². The zero-order valence-electron chi connectivity index (χ0n) is 13.7. The second-order valence-corrected chi connectivity index (χ2v) is 5.33. The highest BCUT2D eigenvalue weighted by molar-refractivity contribution is 6.01. The monoisotopic (exact) mass is 338 g/mol. The molecule has 0 aliphatic heterocycles. The fourth-order valence-corrected chi connectivity index (χ4v) is 2.42. The smallest absolute Gasteiger partial charge is 0.255 e. The van der Waals surface area contributed by atoms with Crippen molar-refractivity contribution < 1.29 is 14.3 Å². The summed E-state index contributed by atoms with van der Waals surface area (Å²) in [5, 5.41) is 13.0. The normalized spacial score (nSPS) is 10.4. The number of H-pyrrole nitrogens is 1. The topological polar surface area (TPSA) is 96.1 Å². The second-order valence-electron chi connectivity index (χ2n) is 5.33. The van der Waals surface area contributed by atoms with Crippen molar-refractivity contribution in [1.82, 2.24) is 15.5 Å². The van der Waals surface area contributed by atoms with E-state index in [-0.39, 0.29) is 18.4 Å². The van der Waals surface area contributed by atoms with Gasteiger partial charge in [-0.1, -0.05) is 12.1 Å². The molecule has 0 aliphatic rings. The molecule has 7 heteroatoms. The number of rotatable bonds is 6. The summed E-state index contributed by atoms with van der Waals surface area (Å²) in [6.45, 7) is 2.17. The Morgan fingerprint density at radius 3 is 2.88 bits per heavy atom. The zero-order valence-corrected chi connectivity index (χ0v) is 13.7. The number of nitrogens with one attached hydrogen (secondary N) is 3. The molecular formula is C18H18N4O3. The molecule has 0 spiro atoms. The van der Waals surface area contributed by atoms with Gasteiger partial charge in [0, 0.05) is 11.1 Å². The van der Waals surface area contributed by atoms with Crippen molar-refractivity contribution in [2.24, 2.45) is 0 Å². The minimum atomic E-state index is -0.357. The molecule has 0 aliphatic carbocycles. The number of para-hydroxylation sites is 1. The first-order chi connectivity index (χ1) is 12.2. The molecule has 0 radical (unpaired) electrons. The van der Waals surface area contributed by atoms with Gasteiger partial charge in [-0.05, 0) is 37.3 Å². The minimum Gasteiger partial charge on any atom is -0.493 e. The van der Waals surface area contributed by atoms with Gasteiger partial charge in [-0.25, -0.2) is 0 Å². The Hall–Kier alpha value is -3.35. The van der Waals surface area contributed by atoms with Crippen LogP contribution >= 0.6 is 0 Å². The molecule has 0 fully saturated rings. The maximum atomic E-state index is 12.3. The molecule has 128 valence electrons. The largest absolute Gasteiger partial charge is 0.493 e. The fourth-order valence-electron chi connectivity index (χ4n) is 2.42. The number of amides is 2. The third-order valence-corrected chi connectivity index (χ3v) is 3.56. The quantitative estimate of drug-likeness (QED) is 0.643. The zero-order chi connectivity index (χ0) is 17.6. The molecule has 0 saturated carbocycles. The van der Waals surface area contributed by atoms with Crippen LogP contribution in [0.15, 0.2) is 48.7 Å². The fraction of sp³-hybridized carbons (Fsp3) is 0.167. The molecule has 7 nitrogen and oxygen atoms in total. The molecule has 1 heterocycles. The second kappa shape index (κ2) is 7.48. The number of anilines is 1. The third-order valence-electron chi connectivity index (χ3n) is 3.56. The number of benzene rings is 2. The number of hydrogen-bond donors (Lipinski definition) is 3. The Balaban J connectivity index is 1.59. The van der Waals surface area contributed by atoms with Gasteiger partial charge in [-0.15, -0.1) is 0 Å². The molecule has 0 unspecified atom stereocenters. The summed E-state index contributed by atoms with van der Waals surface area (Å²) in [5.41, 5.74) is 1.93. The maximum Gasteiger partial charge on any atom is 0.255 e. The summed E-state index contributed by atoms with van der Waals surface area (Å²) in [6.07, 6.45) is 1.68. The lowest BCUT2D eigenvalue weighted by molar-refractivity contribution is -0.115. The van der Waals surface area contributed by atoms with Crippen molar-refractivity contribution >= 4 is 28.4 Å². The van der Waals surface area contributed by atoms with Crippen LogP contribution in [0.3, 0.4) is 0 Å². The highest BCUT2D eigenvalue weighted by Crippen LogP contribution is 2.18. The molecule has 0 saturated heterocycles. The van der Waals surface area contributed by atoms with E-state index in [0.717, 1.165) is 10.9 Å². The standard InChI is InChI=1S/C18H18N4O3/c1-2-25-16-6-4-3-5-14(16)18(24)19-11-17(23)21-13-7-8-15-12(9-13)10-20-22-15/h3-10H,2,11H2,1H3,(H,19,24)(H,20,22)(H,21,23). The summed E-state index contributed by atoms with van der Waals surface area (Å²) in [4.78, 5) is 24.3. The van der Waals surface area contributed by atoms with E-state index in [1.54, 1.807) is 36.5 Å². The molecule has 25 heavy (non-hydrogen) atoms. The van der Waals surface area contributed by atoms with Crippen molar-refractivity contribution in [3.8, 4) is 5.75 Å². The van der Waals surface area contributed by atoms with Gasteiger partial charge in [-0.2, -0.15) is 5.10 Å². The van der Waals surface area contributed by atoms with Crippen LogP contribution in [0.5, 0.6) is 5.75 Å². The molecular weight excluding hydrogens is 320 g/mol. The van der Waals surface area contributed by atoms with Crippen LogP contribution in [-0.2, 0) is 4.79 Å². The first-order valence-corrected chi connectivity index (χ1v) is 7.90. The van der Waals surface area contributed by atoms with Gasteiger partial charge in [0.2, 0.25) is 5.91 Å². The van der Waals surface area contributed by atoms with E-state index in [9.17, 15) is 9.59 Å². The van der Waals surface area contributed by atoms with Crippen LogP contribution in [0, 0.1) is 0 Å². The Labute approximate surface area is 144 Å².